The van der Waals surface area contributed by atoms with Crippen LogP contribution in [0.2, 0.25) is 5.02 Å². The number of nitrogens with zero attached hydrogens (tertiary/aromatic N) is 3. The van der Waals surface area contributed by atoms with Crippen LogP contribution in [-0.2, 0) is 6.42 Å². The number of aliphatic hydroxyl groups is 1. The third kappa shape index (κ3) is 3.59. The minimum absolute atomic E-state index is 0.0624. The van der Waals surface area contributed by atoms with Crippen molar-refractivity contribution in [2.75, 3.05) is 6.54 Å². The Morgan fingerprint density at radius 1 is 1.48 bits per heavy atom. The van der Waals surface area contributed by atoms with Crippen molar-refractivity contribution in [3.8, 4) is 5.69 Å². The summed E-state index contributed by atoms with van der Waals surface area (Å²) in [5.74, 6) is 0.286. The number of aryl methyl sites for hydroxylation is 1. The van der Waals surface area contributed by atoms with Crippen molar-refractivity contribution < 1.29 is 9.90 Å². The molecule has 0 radical (unpaired) electrons. The summed E-state index contributed by atoms with van der Waals surface area (Å²) < 4.78 is 1.57. The number of carbonyl (C=O) groups is 1. The van der Waals surface area contributed by atoms with Gasteiger partial charge in [-0.25, -0.2) is 9.67 Å². The second-order valence-corrected chi connectivity index (χ2v) is 5.03. The van der Waals surface area contributed by atoms with Gasteiger partial charge in [-0.1, -0.05) is 30.7 Å². The molecule has 0 aliphatic rings. The van der Waals surface area contributed by atoms with Gasteiger partial charge in [0.2, 0.25) is 5.82 Å². The highest BCUT2D eigenvalue weighted by atomic mass is 35.5. The molecular formula is C14H17ClN4O2. The van der Waals surface area contributed by atoms with E-state index < -0.39 is 12.0 Å². The zero-order valence-electron chi connectivity index (χ0n) is 11.9. The van der Waals surface area contributed by atoms with Crippen LogP contribution in [-0.4, -0.2) is 38.4 Å². The lowest BCUT2D eigenvalue weighted by atomic mass is 10.3. The normalized spacial score (nSPS) is 12.2. The van der Waals surface area contributed by atoms with Crippen molar-refractivity contribution >= 4 is 17.5 Å². The SMILES string of the molecule is CCc1nc(C(=O)NCC(C)O)nn1-c1ccccc1Cl. The number of halogens is 1. The van der Waals surface area contributed by atoms with Crippen molar-refractivity contribution in [3.05, 3.63) is 40.9 Å². The summed E-state index contributed by atoms with van der Waals surface area (Å²) in [7, 11) is 0. The molecule has 0 spiro atoms. The van der Waals surface area contributed by atoms with Gasteiger partial charge in [0.25, 0.3) is 5.91 Å². The molecule has 1 amide bonds. The number of para-hydroxylation sites is 1. The lowest BCUT2D eigenvalue weighted by molar-refractivity contribution is 0.0913. The summed E-state index contributed by atoms with van der Waals surface area (Å²) in [6.07, 6.45) is -0.00714. The van der Waals surface area contributed by atoms with Crippen LogP contribution in [0.3, 0.4) is 0 Å². The van der Waals surface area contributed by atoms with Crippen molar-refractivity contribution in [3.63, 3.8) is 0 Å². The molecule has 6 nitrogen and oxygen atoms in total. The minimum atomic E-state index is -0.620. The highest BCUT2D eigenvalue weighted by Crippen LogP contribution is 2.20. The van der Waals surface area contributed by atoms with E-state index in [1.54, 1.807) is 17.7 Å². The number of hydrogen-bond acceptors (Lipinski definition) is 4. The number of nitrogens with one attached hydrogen (secondary N) is 1. The standard InChI is InChI=1S/C14H17ClN4O2/c1-3-12-17-13(14(21)16-8-9(2)20)18-19(12)11-7-5-4-6-10(11)15/h4-7,9,20H,3,8H2,1-2H3,(H,16,21). The van der Waals surface area contributed by atoms with E-state index in [0.29, 0.717) is 23.0 Å². The van der Waals surface area contributed by atoms with Gasteiger partial charge in [0.15, 0.2) is 0 Å². The van der Waals surface area contributed by atoms with Gasteiger partial charge < -0.3 is 10.4 Å². The lowest BCUT2D eigenvalue weighted by Crippen LogP contribution is -2.31. The molecular weight excluding hydrogens is 292 g/mol. The van der Waals surface area contributed by atoms with Gasteiger partial charge in [-0.05, 0) is 19.1 Å². The van der Waals surface area contributed by atoms with Crippen LogP contribution < -0.4 is 5.32 Å². The van der Waals surface area contributed by atoms with Crippen LogP contribution in [0.5, 0.6) is 0 Å². The molecule has 1 unspecified atom stereocenters. The topological polar surface area (TPSA) is 80.0 Å². The number of amides is 1. The molecule has 2 rings (SSSR count). The summed E-state index contributed by atoms with van der Waals surface area (Å²) in [6.45, 7) is 3.67. The van der Waals surface area contributed by atoms with Gasteiger partial charge in [0.05, 0.1) is 16.8 Å². The molecule has 1 heterocycles. The van der Waals surface area contributed by atoms with Crippen molar-refractivity contribution in [1.82, 2.24) is 20.1 Å². The first kappa shape index (κ1) is 15.5. The molecule has 1 atom stereocenters. The quantitative estimate of drug-likeness (QED) is 0.879. The average molecular weight is 309 g/mol. The molecule has 0 bridgehead atoms. The van der Waals surface area contributed by atoms with E-state index in [1.165, 1.54) is 0 Å². The van der Waals surface area contributed by atoms with Gasteiger partial charge in [-0.2, -0.15) is 0 Å². The van der Waals surface area contributed by atoms with Crippen LogP contribution in [0.15, 0.2) is 24.3 Å². The van der Waals surface area contributed by atoms with Crippen LogP contribution in [0.4, 0.5) is 0 Å². The molecule has 0 aliphatic heterocycles. The molecule has 7 heteroatoms. The molecule has 21 heavy (non-hydrogen) atoms. The summed E-state index contributed by atoms with van der Waals surface area (Å²) >= 11 is 6.16. The Bertz CT molecular complexity index is 640. The van der Waals surface area contributed by atoms with E-state index in [0.717, 1.165) is 0 Å². The van der Waals surface area contributed by atoms with Crippen LogP contribution >= 0.6 is 11.6 Å². The second-order valence-electron chi connectivity index (χ2n) is 4.63. The molecule has 1 aromatic heterocycles. The third-order valence-electron chi connectivity index (χ3n) is 2.83. The maximum Gasteiger partial charge on any atom is 0.291 e. The summed E-state index contributed by atoms with van der Waals surface area (Å²) in [5, 5.41) is 16.5. The van der Waals surface area contributed by atoms with Crippen molar-refractivity contribution in [2.24, 2.45) is 0 Å². The lowest BCUT2D eigenvalue weighted by Gasteiger charge is -2.06. The third-order valence-corrected chi connectivity index (χ3v) is 3.15. The second kappa shape index (κ2) is 6.69. The highest BCUT2D eigenvalue weighted by molar-refractivity contribution is 6.32. The van der Waals surface area contributed by atoms with Crippen LogP contribution in [0.25, 0.3) is 5.69 Å². The maximum absolute atomic E-state index is 12.0. The number of hydrogen-bond donors (Lipinski definition) is 2. The summed E-state index contributed by atoms with van der Waals surface area (Å²) in [6, 6.07) is 7.24. The van der Waals surface area contributed by atoms with Gasteiger partial charge in [-0.3, -0.25) is 4.79 Å². The van der Waals surface area contributed by atoms with Gasteiger partial charge >= 0.3 is 0 Å². The fourth-order valence-corrected chi connectivity index (χ4v) is 2.02. The molecule has 1 aromatic carbocycles. The fraction of sp³-hybridized carbons (Fsp3) is 0.357. The molecule has 2 N–H and O–H groups in total. The average Bonchev–Trinajstić information content (AvgIpc) is 2.89. The van der Waals surface area contributed by atoms with Crippen molar-refractivity contribution in [1.29, 1.82) is 0 Å². The Morgan fingerprint density at radius 3 is 2.81 bits per heavy atom. The number of rotatable bonds is 5. The fourth-order valence-electron chi connectivity index (χ4n) is 1.81. The zero-order valence-corrected chi connectivity index (χ0v) is 12.6. The van der Waals surface area contributed by atoms with E-state index in [-0.39, 0.29) is 12.4 Å². The summed E-state index contributed by atoms with van der Waals surface area (Å²) in [5.41, 5.74) is 0.679. The zero-order chi connectivity index (χ0) is 15.4. The predicted octanol–water partition coefficient (Wildman–Crippen LogP) is 1.59. The Hall–Kier alpha value is -1.92. The highest BCUT2D eigenvalue weighted by Gasteiger charge is 2.17. The largest absolute Gasteiger partial charge is 0.392 e. The molecule has 0 aliphatic carbocycles. The Kier molecular flexibility index (Phi) is 4.93. The minimum Gasteiger partial charge on any atom is -0.392 e. The van der Waals surface area contributed by atoms with E-state index in [1.807, 2.05) is 25.1 Å². The van der Waals surface area contributed by atoms with E-state index in [2.05, 4.69) is 15.4 Å². The molecule has 112 valence electrons. The first-order chi connectivity index (χ1) is 10.0. The molecule has 0 saturated heterocycles. The van der Waals surface area contributed by atoms with E-state index >= 15 is 0 Å². The van der Waals surface area contributed by atoms with Crippen molar-refractivity contribution in [2.45, 2.75) is 26.4 Å². The molecule has 2 aromatic rings. The monoisotopic (exact) mass is 308 g/mol. The van der Waals surface area contributed by atoms with Gasteiger partial charge in [0, 0.05) is 13.0 Å². The Balaban J connectivity index is 2.32. The first-order valence-electron chi connectivity index (χ1n) is 6.70. The van der Waals surface area contributed by atoms with E-state index in [4.69, 9.17) is 11.6 Å². The Labute approximate surface area is 127 Å². The van der Waals surface area contributed by atoms with Crippen LogP contribution in [0.1, 0.15) is 30.3 Å². The predicted molar refractivity (Wildman–Crippen MR) is 79.8 cm³/mol. The molecule has 0 saturated carbocycles. The number of aliphatic hydroxyl groups excluding tert-OH is 1. The number of carbonyl (C=O) groups excluding carboxylic acids is 1. The smallest absolute Gasteiger partial charge is 0.291 e. The number of aromatic nitrogens is 3. The maximum atomic E-state index is 12.0. The summed E-state index contributed by atoms with van der Waals surface area (Å²) in [4.78, 5) is 16.2. The Morgan fingerprint density at radius 2 is 2.19 bits per heavy atom. The van der Waals surface area contributed by atoms with Gasteiger partial charge in [0.1, 0.15) is 5.82 Å². The molecule has 0 fully saturated rings. The van der Waals surface area contributed by atoms with Gasteiger partial charge in [-0.15, -0.1) is 5.10 Å². The first-order valence-corrected chi connectivity index (χ1v) is 7.07. The number of benzene rings is 1. The van der Waals surface area contributed by atoms with E-state index in [9.17, 15) is 9.90 Å². The van der Waals surface area contributed by atoms with Crippen LogP contribution in [0, 0.1) is 0 Å².